The minimum absolute atomic E-state index is 0.0734. The summed E-state index contributed by atoms with van der Waals surface area (Å²) in [7, 11) is 0. The van der Waals surface area contributed by atoms with Crippen LogP contribution in [0.4, 0.5) is 13.2 Å². The van der Waals surface area contributed by atoms with Gasteiger partial charge in [0.25, 0.3) is 5.91 Å². The molecule has 0 saturated heterocycles. The fraction of sp³-hybridized carbons (Fsp3) is 0.267. The van der Waals surface area contributed by atoms with Crippen molar-refractivity contribution in [2.45, 2.75) is 38.0 Å². The molecule has 208 valence electrons. The molecule has 0 atom stereocenters. The van der Waals surface area contributed by atoms with Gasteiger partial charge in [-0.05, 0) is 66.8 Å². The molecule has 0 aliphatic heterocycles. The first-order valence-electron chi connectivity index (χ1n) is 12.8. The van der Waals surface area contributed by atoms with Crippen LogP contribution in [0.15, 0.2) is 72.9 Å². The Hall–Kier alpha value is -3.49. The third kappa shape index (κ3) is 6.62. The Morgan fingerprint density at radius 2 is 1.62 bits per heavy atom. The number of fused-ring (bicyclic) bond motifs is 1. The fourth-order valence-corrected chi connectivity index (χ4v) is 5.27. The van der Waals surface area contributed by atoms with Gasteiger partial charge in [0.2, 0.25) is 5.91 Å². The van der Waals surface area contributed by atoms with E-state index < -0.39 is 11.7 Å². The average molecular weight is 588 g/mol. The molecule has 5 rings (SSSR count). The second-order valence-electron chi connectivity index (χ2n) is 9.94. The first-order valence-corrected chi connectivity index (χ1v) is 13.6. The highest BCUT2D eigenvalue weighted by molar-refractivity contribution is 6.35. The molecule has 1 saturated carbocycles. The van der Waals surface area contributed by atoms with Gasteiger partial charge in [0, 0.05) is 51.8 Å². The lowest BCUT2D eigenvalue weighted by Crippen LogP contribution is -2.44. The third-order valence-electron chi connectivity index (χ3n) is 7.00. The van der Waals surface area contributed by atoms with E-state index in [4.69, 9.17) is 23.2 Å². The summed E-state index contributed by atoms with van der Waals surface area (Å²) in [6.07, 6.45) is -0.465. The summed E-state index contributed by atoms with van der Waals surface area (Å²) in [5, 5.41) is 1.68. The van der Waals surface area contributed by atoms with E-state index >= 15 is 0 Å². The van der Waals surface area contributed by atoms with Crippen LogP contribution in [0.25, 0.3) is 10.9 Å². The summed E-state index contributed by atoms with van der Waals surface area (Å²) in [5.74, 6) is -0.639. The summed E-state index contributed by atoms with van der Waals surface area (Å²) in [5.41, 5.74) is 2.10. The molecular weight excluding hydrogens is 562 g/mol. The molecule has 1 fully saturated rings. The minimum atomic E-state index is -4.45. The standard InChI is InChI=1S/C30H26Cl2F3N3O2/c31-23-13-21(14-24(32)15-23)29(40)38(25-9-10-25)18-28(39)37(17-19-5-7-22(8-6-19)30(33,34)35)12-11-20-16-36-27-4-2-1-3-26(20)27/h1-8,13-16,25,36H,9-12,17-18H2. The number of para-hydroxylation sites is 1. The lowest BCUT2D eigenvalue weighted by Gasteiger charge is -2.28. The van der Waals surface area contributed by atoms with Crippen LogP contribution in [-0.2, 0) is 23.9 Å². The monoisotopic (exact) mass is 587 g/mol. The fourth-order valence-electron chi connectivity index (χ4n) is 4.75. The highest BCUT2D eigenvalue weighted by Gasteiger charge is 2.35. The number of carbonyl (C=O) groups excluding carboxylic acids is 2. The number of hydrogen-bond acceptors (Lipinski definition) is 2. The van der Waals surface area contributed by atoms with Gasteiger partial charge >= 0.3 is 6.18 Å². The maximum Gasteiger partial charge on any atom is 0.416 e. The largest absolute Gasteiger partial charge is 0.416 e. The number of amides is 2. The third-order valence-corrected chi connectivity index (χ3v) is 7.43. The summed E-state index contributed by atoms with van der Waals surface area (Å²) >= 11 is 12.2. The number of H-pyrrole nitrogens is 1. The molecular formula is C30H26Cl2F3N3O2. The topological polar surface area (TPSA) is 56.4 Å². The Bertz CT molecular complexity index is 1510. The Kier molecular flexibility index (Phi) is 8.10. The van der Waals surface area contributed by atoms with Gasteiger partial charge in [-0.3, -0.25) is 9.59 Å². The maximum atomic E-state index is 13.7. The molecule has 3 aromatic carbocycles. The number of hydrogen-bond donors (Lipinski definition) is 1. The molecule has 40 heavy (non-hydrogen) atoms. The van der Waals surface area contributed by atoms with Crippen molar-refractivity contribution in [3.05, 3.63) is 105 Å². The number of aromatic nitrogens is 1. The molecule has 10 heteroatoms. The van der Waals surface area contributed by atoms with Gasteiger partial charge in [-0.25, -0.2) is 0 Å². The lowest BCUT2D eigenvalue weighted by atomic mass is 10.1. The smallest absolute Gasteiger partial charge is 0.361 e. The number of aromatic amines is 1. The number of rotatable bonds is 9. The highest BCUT2D eigenvalue weighted by atomic mass is 35.5. The Balaban J connectivity index is 1.37. The first kappa shape index (κ1) is 28.1. The van der Waals surface area contributed by atoms with Crippen LogP contribution in [0, 0.1) is 0 Å². The SMILES string of the molecule is O=C(CN(C(=O)c1cc(Cl)cc(Cl)c1)C1CC1)N(CCc1c[nH]c2ccccc12)Cc1ccc(C(F)(F)F)cc1. The zero-order chi connectivity index (χ0) is 28.4. The highest BCUT2D eigenvalue weighted by Crippen LogP contribution is 2.31. The molecule has 0 unspecified atom stereocenters. The van der Waals surface area contributed by atoms with E-state index in [-0.39, 0.29) is 30.9 Å². The van der Waals surface area contributed by atoms with Gasteiger partial charge in [-0.1, -0.05) is 53.5 Å². The summed E-state index contributed by atoms with van der Waals surface area (Å²) in [4.78, 5) is 33.5. The predicted molar refractivity (Wildman–Crippen MR) is 149 cm³/mol. The molecule has 0 spiro atoms. The second kappa shape index (κ2) is 11.6. The van der Waals surface area contributed by atoms with Gasteiger partial charge in [-0.15, -0.1) is 0 Å². The number of nitrogens with one attached hydrogen (secondary N) is 1. The molecule has 1 aliphatic carbocycles. The Labute approximate surface area is 239 Å². The van der Waals surface area contributed by atoms with E-state index in [2.05, 4.69) is 4.98 Å². The van der Waals surface area contributed by atoms with Crippen molar-refractivity contribution in [2.24, 2.45) is 0 Å². The van der Waals surface area contributed by atoms with Crippen molar-refractivity contribution < 1.29 is 22.8 Å². The number of halogens is 5. The van der Waals surface area contributed by atoms with Crippen LogP contribution in [0.5, 0.6) is 0 Å². The molecule has 1 aromatic heterocycles. The summed E-state index contributed by atoms with van der Waals surface area (Å²) in [6, 6.07) is 17.1. The van der Waals surface area contributed by atoms with Crippen molar-refractivity contribution >= 4 is 45.9 Å². The van der Waals surface area contributed by atoms with Gasteiger partial charge in [-0.2, -0.15) is 13.2 Å². The molecule has 5 nitrogen and oxygen atoms in total. The zero-order valence-corrected chi connectivity index (χ0v) is 22.9. The number of alkyl halides is 3. The summed E-state index contributed by atoms with van der Waals surface area (Å²) < 4.78 is 39.3. The van der Waals surface area contributed by atoms with Crippen molar-refractivity contribution in [3.8, 4) is 0 Å². The van der Waals surface area contributed by atoms with Crippen molar-refractivity contribution in [3.63, 3.8) is 0 Å². The molecule has 0 bridgehead atoms. The van der Waals surface area contributed by atoms with Gasteiger partial charge < -0.3 is 14.8 Å². The molecule has 0 radical (unpaired) electrons. The number of nitrogens with zero attached hydrogens (tertiary/aromatic N) is 2. The van der Waals surface area contributed by atoms with Crippen LogP contribution >= 0.6 is 23.2 Å². The van der Waals surface area contributed by atoms with E-state index in [1.54, 1.807) is 4.90 Å². The van der Waals surface area contributed by atoms with Gasteiger partial charge in [0.05, 0.1) is 5.56 Å². The van der Waals surface area contributed by atoms with Crippen LogP contribution in [0.3, 0.4) is 0 Å². The predicted octanol–water partition coefficient (Wildman–Crippen LogP) is 7.37. The second-order valence-corrected chi connectivity index (χ2v) is 10.8. The zero-order valence-electron chi connectivity index (χ0n) is 21.3. The quantitative estimate of drug-likeness (QED) is 0.222. The van der Waals surface area contributed by atoms with E-state index in [0.717, 1.165) is 41.4 Å². The number of carbonyl (C=O) groups is 2. The molecule has 1 N–H and O–H groups in total. The molecule has 1 aliphatic rings. The first-order chi connectivity index (χ1) is 19.1. The van der Waals surface area contributed by atoms with Gasteiger partial charge in [0.15, 0.2) is 0 Å². The Morgan fingerprint density at radius 1 is 0.950 bits per heavy atom. The minimum Gasteiger partial charge on any atom is -0.361 e. The summed E-state index contributed by atoms with van der Waals surface area (Å²) in [6.45, 7) is 0.258. The molecule has 1 heterocycles. The van der Waals surface area contributed by atoms with Crippen molar-refractivity contribution in [1.29, 1.82) is 0 Å². The van der Waals surface area contributed by atoms with Crippen LogP contribution in [0.2, 0.25) is 10.0 Å². The molecule has 2 amide bonds. The Morgan fingerprint density at radius 3 is 2.27 bits per heavy atom. The maximum absolute atomic E-state index is 13.7. The van der Waals surface area contributed by atoms with E-state index in [9.17, 15) is 22.8 Å². The van der Waals surface area contributed by atoms with Crippen LogP contribution < -0.4 is 0 Å². The van der Waals surface area contributed by atoms with Gasteiger partial charge in [0.1, 0.15) is 6.54 Å². The van der Waals surface area contributed by atoms with E-state index in [1.807, 2.05) is 30.5 Å². The van der Waals surface area contributed by atoms with Crippen molar-refractivity contribution in [2.75, 3.05) is 13.1 Å². The van der Waals surface area contributed by atoms with Crippen LogP contribution in [-0.4, -0.2) is 45.7 Å². The van der Waals surface area contributed by atoms with E-state index in [1.165, 1.54) is 35.2 Å². The van der Waals surface area contributed by atoms with E-state index in [0.29, 0.717) is 34.1 Å². The van der Waals surface area contributed by atoms with Crippen LogP contribution in [0.1, 0.15) is 39.9 Å². The molecule has 4 aromatic rings. The van der Waals surface area contributed by atoms with Crippen molar-refractivity contribution in [1.82, 2.24) is 14.8 Å². The average Bonchev–Trinajstić information content (AvgIpc) is 3.68. The normalized spacial score (nSPS) is 13.4. The lowest BCUT2D eigenvalue weighted by molar-refractivity contribution is -0.137. The number of benzene rings is 3.